The number of nitrogens with zero attached hydrogens (tertiary/aromatic N) is 2. The van der Waals surface area contributed by atoms with E-state index < -0.39 is 12.0 Å². The molecule has 1 saturated heterocycles. The Balaban J connectivity index is 1.74. The molecule has 0 saturated carbocycles. The molecule has 7 nitrogen and oxygen atoms in total. The summed E-state index contributed by atoms with van der Waals surface area (Å²) in [7, 11) is 0. The summed E-state index contributed by atoms with van der Waals surface area (Å²) in [5.74, 6) is -1.33. The van der Waals surface area contributed by atoms with E-state index in [1.165, 1.54) is 0 Å². The molecule has 0 aromatic heterocycles. The fourth-order valence-electron chi connectivity index (χ4n) is 3.19. The van der Waals surface area contributed by atoms with Crippen LogP contribution in [0.4, 0.5) is 5.69 Å². The van der Waals surface area contributed by atoms with Crippen molar-refractivity contribution in [2.24, 2.45) is 5.92 Å². The van der Waals surface area contributed by atoms with Crippen LogP contribution in [-0.2, 0) is 14.4 Å². The predicted molar refractivity (Wildman–Crippen MR) is 103 cm³/mol. The van der Waals surface area contributed by atoms with Gasteiger partial charge in [0.05, 0.1) is 0 Å². The lowest BCUT2D eigenvalue weighted by Crippen LogP contribution is -2.49. The Bertz CT molecular complexity index is 640. The molecule has 1 atom stereocenters. The summed E-state index contributed by atoms with van der Waals surface area (Å²) < 4.78 is 0. The van der Waals surface area contributed by atoms with E-state index >= 15 is 0 Å². The van der Waals surface area contributed by atoms with Gasteiger partial charge in [-0.2, -0.15) is 0 Å². The molecule has 1 aliphatic rings. The number of hydrogen-bond donors (Lipinski definition) is 2. The molecule has 0 unspecified atom stereocenters. The number of anilines is 1. The molecule has 0 radical (unpaired) electrons. The summed E-state index contributed by atoms with van der Waals surface area (Å²) >= 11 is 0. The van der Waals surface area contributed by atoms with Gasteiger partial charge in [-0.25, -0.2) is 4.79 Å². The number of hydrogen-bond acceptors (Lipinski definition) is 4. The molecule has 148 valence electrons. The van der Waals surface area contributed by atoms with E-state index in [0.29, 0.717) is 19.5 Å². The van der Waals surface area contributed by atoms with Crippen LogP contribution in [0.2, 0.25) is 0 Å². The summed E-state index contributed by atoms with van der Waals surface area (Å²) in [6, 6.07) is 9.17. The van der Waals surface area contributed by atoms with Gasteiger partial charge in [0.2, 0.25) is 11.8 Å². The molecule has 0 spiro atoms. The average molecular weight is 375 g/mol. The lowest BCUT2D eigenvalue weighted by Gasteiger charge is -2.36. The highest BCUT2D eigenvalue weighted by molar-refractivity contribution is 5.87. The van der Waals surface area contributed by atoms with Crippen LogP contribution < -0.4 is 10.2 Å². The van der Waals surface area contributed by atoms with Crippen molar-refractivity contribution < 1.29 is 19.5 Å². The van der Waals surface area contributed by atoms with Gasteiger partial charge in [0.25, 0.3) is 0 Å². The van der Waals surface area contributed by atoms with Crippen molar-refractivity contribution >= 4 is 23.5 Å². The minimum Gasteiger partial charge on any atom is -0.480 e. The molecule has 2 amide bonds. The van der Waals surface area contributed by atoms with E-state index in [0.717, 1.165) is 18.8 Å². The second kappa shape index (κ2) is 9.94. The monoisotopic (exact) mass is 375 g/mol. The van der Waals surface area contributed by atoms with Crippen LogP contribution in [0.15, 0.2) is 30.3 Å². The zero-order valence-corrected chi connectivity index (χ0v) is 16.1. The van der Waals surface area contributed by atoms with Crippen LogP contribution in [0.3, 0.4) is 0 Å². The fraction of sp³-hybridized carbons (Fsp3) is 0.550. The molecule has 0 bridgehead atoms. The van der Waals surface area contributed by atoms with E-state index in [2.05, 4.69) is 22.3 Å². The first-order valence-corrected chi connectivity index (χ1v) is 9.46. The number of nitrogens with one attached hydrogen (secondary N) is 1. The molecule has 0 aliphatic carbocycles. The summed E-state index contributed by atoms with van der Waals surface area (Å²) in [5.41, 5.74) is 1.15. The SMILES string of the molecule is CC(C)C[C@@H](NC(=O)CCC(=O)N1CCN(c2ccccc2)CC1)C(=O)O. The van der Waals surface area contributed by atoms with Crippen LogP contribution in [0, 0.1) is 5.92 Å². The Kier molecular flexibility index (Phi) is 7.64. The van der Waals surface area contributed by atoms with Crippen LogP contribution in [0.5, 0.6) is 0 Å². The Morgan fingerprint density at radius 1 is 1.04 bits per heavy atom. The molecule has 1 aromatic carbocycles. The van der Waals surface area contributed by atoms with Gasteiger partial charge in [-0.3, -0.25) is 9.59 Å². The number of carbonyl (C=O) groups excluding carboxylic acids is 2. The van der Waals surface area contributed by atoms with Gasteiger partial charge in [-0.15, -0.1) is 0 Å². The van der Waals surface area contributed by atoms with Gasteiger partial charge in [-0.1, -0.05) is 32.0 Å². The zero-order chi connectivity index (χ0) is 19.8. The first kappa shape index (κ1) is 20.7. The van der Waals surface area contributed by atoms with Crippen molar-refractivity contribution in [2.45, 2.75) is 39.2 Å². The third-order valence-corrected chi connectivity index (χ3v) is 4.66. The summed E-state index contributed by atoms with van der Waals surface area (Å²) in [5, 5.41) is 11.7. The van der Waals surface area contributed by atoms with Gasteiger partial charge in [0, 0.05) is 44.7 Å². The molecule has 27 heavy (non-hydrogen) atoms. The molecule has 2 N–H and O–H groups in total. The quantitative estimate of drug-likeness (QED) is 0.722. The number of rotatable bonds is 8. The molecule has 1 aromatic rings. The van der Waals surface area contributed by atoms with E-state index in [1.807, 2.05) is 32.0 Å². The number of aliphatic carboxylic acids is 1. The van der Waals surface area contributed by atoms with Gasteiger partial charge in [-0.05, 0) is 24.5 Å². The molecule has 1 heterocycles. The summed E-state index contributed by atoms with van der Waals surface area (Å²) in [6.07, 6.45) is 0.487. The Labute approximate surface area is 160 Å². The second-order valence-corrected chi connectivity index (χ2v) is 7.29. The highest BCUT2D eigenvalue weighted by Crippen LogP contribution is 2.16. The number of carboxylic acid groups (broad SMARTS) is 1. The second-order valence-electron chi connectivity index (χ2n) is 7.29. The Morgan fingerprint density at radius 2 is 1.67 bits per heavy atom. The highest BCUT2D eigenvalue weighted by atomic mass is 16.4. The van der Waals surface area contributed by atoms with Crippen LogP contribution in [0.1, 0.15) is 33.1 Å². The minimum atomic E-state index is -1.04. The van der Waals surface area contributed by atoms with Crippen LogP contribution >= 0.6 is 0 Å². The van der Waals surface area contributed by atoms with Crippen molar-refractivity contribution in [3.63, 3.8) is 0 Å². The fourth-order valence-corrected chi connectivity index (χ4v) is 3.19. The first-order chi connectivity index (χ1) is 12.9. The molecule has 1 fully saturated rings. The van der Waals surface area contributed by atoms with E-state index in [1.54, 1.807) is 4.90 Å². The van der Waals surface area contributed by atoms with Gasteiger partial charge in [0.1, 0.15) is 6.04 Å². The molecule has 7 heteroatoms. The molecular formula is C20H29N3O4. The van der Waals surface area contributed by atoms with Crippen LogP contribution in [0.25, 0.3) is 0 Å². The third-order valence-electron chi connectivity index (χ3n) is 4.66. The average Bonchev–Trinajstić information content (AvgIpc) is 2.66. The van der Waals surface area contributed by atoms with Crippen molar-refractivity contribution in [3.8, 4) is 0 Å². The van der Waals surface area contributed by atoms with Gasteiger partial charge in [0.15, 0.2) is 0 Å². The largest absolute Gasteiger partial charge is 0.480 e. The summed E-state index contributed by atoms with van der Waals surface area (Å²) in [6.45, 7) is 6.58. The number of piperazine rings is 1. The number of para-hydroxylation sites is 1. The standard InChI is InChI=1S/C20H29N3O4/c1-15(2)14-17(20(26)27)21-18(24)8-9-19(25)23-12-10-22(11-13-23)16-6-4-3-5-7-16/h3-7,15,17H,8-14H2,1-2H3,(H,21,24)(H,26,27)/t17-/m1/s1. The zero-order valence-electron chi connectivity index (χ0n) is 16.1. The number of carbonyl (C=O) groups is 3. The molecule has 2 rings (SSSR count). The maximum absolute atomic E-state index is 12.4. The normalized spacial score (nSPS) is 15.5. The molecular weight excluding hydrogens is 346 g/mol. The van der Waals surface area contributed by atoms with Crippen molar-refractivity contribution in [2.75, 3.05) is 31.1 Å². The first-order valence-electron chi connectivity index (χ1n) is 9.46. The third kappa shape index (κ3) is 6.58. The number of amides is 2. The summed E-state index contributed by atoms with van der Waals surface area (Å²) in [4.78, 5) is 39.6. The Morgan fingerprint density at radius 3 is 2.22 bits per heavy atom. The lowest BCUT2D eigenvalue weighted by molar-refractivity contribution is -0.142. The maximum atomic E-state index is 12.4. The lowest BCUT2D eigenvalue weighted by atomic mass is 10.0. The van der Waals surface area contributed by atoms with Gasteiger partial charge < -0.3 is 20.2 Å². The highest BCUT2D eigenvalue weighted by Gasteiger charge is 2.24. The maximum Gasteiger partial charge on any atom is 0.326 e. The van der Waals surface area contributed by atoms with Crippen LogP contribution in [-0.4, -0.2) is 60.0 Å². The van der Waals surface area contributed by atoms with Crippen molar-refractivity contribution in [1.82, 2.24) is 10.2 Å². The van der Waals surface area contributed by atoms with E-state index in [4.69, 9.17) is 0 Å². The molecule has 1 aliphatic heterocycles. The van der Waals surface area contributed by atoms with Crippen molar-refractivity contribution in [1.29, 1.82) is 0 Å². The van der Waals surface area contributed by atoms with Gasteiger partial charge >= 0.3 is 5.97 Å². The Hall–Kier alpha value is -2.57. The van der Waals surface area contributed by atoms with Crippen molar-refractivity contribution in [3.05, 3.63) is 30.3 Å². The van der Waals surface area contributed by atoms with E-state index in [9.17, 15) is 19.5 Å². The number of benzene rings is 1. The number of carboxylic acids is 1. The minimum absolute atomic E-state index is 0.0135. The topological polar surface area (TPSA) is 90.0 Å². The smallest absolute Gasteiger partial charge is 0.326 e. The van der Waals surface area contributed by atoms with E-state index in [-0.39, 0.29) is 30.6 Å². The predicted octanol–water partition coefficient (Wildman–Crippen LogP) is 1.73.